The lowest BCUT2D eigenvalue weighted by Crippen LogP contribution is -2.29. The van der Waals surface area contributed by atoms with Gasteiger partial charge in [0.25, 0.3) is 11.8 Å². The molecule has 2 aromatic heterocycles. The number of imide groups is 1. The lowest BCUT2D eigenvalue weighted by molar-refractivity contribution is 0.0926. The van der Waals surface area contributed by atoms with Gasteiger partial charge in [0.05, 0.1) is 33.6 Å². The van der Waals surface area contributed by atoms with Crippen molar-refractivity contribution in [1.82, 2.24) is 14.8 Å². The van der Waals surface area contributed by atoms with Crippen molar-refractivity contribution < 1.29 is 18.4 Å². The van der Waals surface area contributed by atoms with Crippen LogP contribution in [0.5, 0.6) is 0 Å². The average molecular weight is 469 g/mol. The molecule has 4 aromatic rings. The van der Waals surface area contributed by atoms with Crippen LogP contribution in [0.15, 0.2) is 53.1 Å². The van der Waals surface area contributed by atoms with Gasteiger partial charge in [0.15, 0.2) is 17.3 Å². The fourth-order valence-electron chi connectivity index (χ4n) is 3.58. The number of pyridine rings is 1. The van der Waals surface area contributed by atoms with Crippen LogP contribution in [0, 0.1) is 18.6 Å². The van der Waals surface area contributed by atoms with E-state index in [1.165, 1.54) is 16.9 Å². The molecule has 0 fully saturated rings. The molecular formula is C21H11BrF2N4O2. The number of hydrogen-bond acceptors (Lipinski definition) is 4. The van der Waals surface area contributed by atoms with Crippen LogP contribution in [-0.2, 0) is 0 Å². The maximum atomic E-state index is 13.7. The number of aryl methyl sites for hydroxylation is 1. The van der Waals surface area contributed by atoms with E-state index in [2.05, 4.69) is 26.0 Å². The molecule has 0 unspecified atom stereocenters. The first-order valence-electron chi connectivity index (χ1n) is 8.85. The van der Waals surface area contributed by atoms with E-state index in [1.54, 1.807) is 31.2 Å². The van der Waals surface area contributed by atoms with E-state index >= 15 is 0 Å². The molecule has 0 saturated heterocycles. The summed E-state index contributed by atoms with van der Waals surface area (Å²) in [4.78, 5) is 31.6. The first kappa shape index (κ1) is 18.6. The Morgan fingerprint density at radius 1 is 0.933 bits per heavy atom. The summed E-state index contributed by atoms with van der Waals surface area (Å²) in [5, 5.41) is 4.75. The third-order valence-electron chi connectivity index (χ3n) is 4.95. The summed E-state index contributed by atoms with van der Waals surface area (Å²) in [6, 6.07) is 10.1. The van der Waals surface area contributed by atoms with Gasteiger partial charge in [-0.05, 0) is 43.3 Å². The summed E-state index contributed by atoms with van der Waals surface area (Å²) in [5.41, 5.74) is 1.76. The van der Waals surface area contributed by atoms with Gasteiger partial charge in [-0.3, -0.25) is 9.59 Å². The topological polar surface area (TPSA) is 68.1 Å². The zero-order chi connectivity index (χ0) is 21.2. The van der Waals surface area contributed by atoms with Gasteiger partial charge in [-0.25, -0.2) is 23.3 Å². The van der Waals surface area contributed by atoms with Crippen LogP contribution >= 0.6 is 15.9 Å². The molecule has 0 saturated carbocycles. The number of fused-ring (bicyclic) bond motifs is 3. The molecule has 9 heteroatoms. The standard InChI is InChI=1S/C21H11BrF2N4O2/c1-10-17-18-14(20(29)27(21(18)30)12-4-2-11(22)3-5-12)9-25-19(17)28(26-10)13-6-7-15(23)16(24)8-13/h2-9H,1H3. The summed E-state index contributed by atoms with van der Waals surface area (Å²) >= 11 is 3.33. The van der Waals surface area contributed by atoms with Crippen molar-refractivity contribution in [1.29, 1.82) is 0 Å². The van der Waals surface area contributed by atoms with Crippen LogP contribution in [0.4, 0.5) is 14.5 Å². The van der Waals surface area contributed by atoms with E-state index in [0.29, 0.717) is 16.8 Å². The third-order valence-corrected chi connectivity index (χ3v) is 5.48. The predicted molar refractivity (Wildman–Crippen MR) is 109 cm³/mol. The van der Waals surface area contributed by atoms with Gasteiger partial charge in [0.1, 0.15) is 0 Å². The molecule has 3 heterocycles. The number of anilines is 1. The molecule has 0 bridgehead atoms. The van der Waals surface area contributed by atoms with Gasteiger partial charge in [-0.1, -0.05) is 15.9 Å². The van der Waals surface area contributed by atoms with Crippen LogP contribution in [0.25, 0.3) is 16.7 Å². The number of nitrogens with zero attached hydrogens (tertiary/aromatic N) is 4. The zero-order valence-corrected chi connectivity index (χ0v) is 16.9. The van der Waals surface area contributed by atoms with E-state index in [0.717, 1.165) is 21.5 Å². The molecule has 2 amide bonds. The van der Waals surface area contributed by atoms with Gasteiger partial charge in [0.2, 0.25) is 0 Å². The molecule has 5 rings (SSSR count). The second-order valence-electron chi connectivity index (χ2n) is 6.76. The van der Waals surface area contributed by atoms with Crippen molar-refractivity contribution in [2.45, 2.75) is 6.92 Å². The molecule has 30 heavy (non-hydrogen) atoms. The first-order valence-corrected chi connectivity index (χ1v) is 9.64. The first-order chi connectivity index (χ1) is 14.4. The molecule has 1 aliphatic heterocycles. The minimum absolute atomic E-state index is 0.170. The number of hydrogen-bond donors (Lipinski definition) is 0. The third kappa shape index (κ3) is 2.58. The minimum Gasteiger partial charge on any atom is -0.268 e. The summed E-state index contributed by atoms with van der Waals surface area (Å²) in [6.07, 6.45) is 1.31. The van der Waals surface area contributed by atoms with Gasteiger partial charge < -0.3 is 0 Å². The van der Waals surface area contributed by atoms with Crippen molar-refractivity contribution >= 4 is 44.5 Å². The fourth-order valence-corrected chi connectivity index (χ4v) is 3.85. The summed E-state index contributed by atoms with van der Waals surface area (Å²) < 4.78 is 29.2. The normalized spacial score (nSPS) is 13.4. The van der Waals surface area contributed by atoms with Gasteiger partial charge in [-0.15, -0.1) is 0 Å². The molecule has 148 valence electrons. The Balaban J connectivity index is 1.70. The zero-order valence-electron chi connectivity index (χ0n) is 15.4. The molecule has 0 N–H and O–H groups in total. The van der Waals surface area contributed by atoms with Crippen LogP contribution in [0.1, 0.15) is 26.4 Å². The molecule has 1 aliphatic rings. The van der Waals surface area contributed by atoms with E-state index in [-0.39, 0.29) is 22.5 Å². The van der Waals surface area contributed by atoms with E-state index < -0.39 is 23.4 Å². The molecule has 0 spiro atoms. The second kappa shape index (κ2) is 6.53. The monoisotopic (exact) mass is 468 g/mol. The maximum absolute atomic E-state index is 13.7. The number of aromatic nitrogens is 3. The Morgan fingerprint density at radius 2 is 1.63 bits per heavy atom. The Kier molecular flexibility index (Phi) is 4.04. The molecule has 0 atom stereocenters. The number of carbonyl (C=O) groups excluding carboxylic acids is 2. The molecule has 6 nitrogen and oxygen atoms in total. The van der Waals surface area contributed by atoms with Crippen LogP contribution < -0.4 is 4.90 Å². The highest BCUT2D eigenvalue weighted by molar-refractivity contribution is 9.10. The molecule has 2 aromatic carbocycles. The maximum Gasteiger partial charge on any atom is 0.267 e. The highest BCUT2D eigenvalue weighted by Crippen LogP contribution is 2.35. The predicted octanol–water partition coefficient (Wildman–Crippen LogP) is 4.57. The van der Waals surface area contributed by atoms with E-state index in [9.17, 15) is 18.4 Å². The molecule has 0 radical (unpaired) electrons. The van der Waals surface area contributed by atoms with Gasteiger partial charge >= 0.3 is 0 Å². The van der Waals surface area contributed by atoms with Gasteiger partial charge in [-0.2, -0.15) is 5.10 Å². The smallest absolute Gasteiger partial charge is 0.267 e. The second-order valence-corrected chi connectivity index (χ2v) is 7.68. The van der Waals surface area contributed by atoms with Crippen LogP contribution in [0.2, 0.25) is 0 Å². The number of carbonyl (C=O) groups is 2. The lowest BCUT2D eigenvalue weighted by Gasteiger charge is -2.13. The van der Waals surface area contributed by atoms with E-state index in [1.807, 2.05) is 0 Å². The highest BCUT2D eigenvalue weighted by Gasteiger charge is 2.40. The fraction of sp³-hybridized carbons (Fsp3) is 0.0476. The SMILES string of the molecule is Cc1nn(-c2ccc(F)c(F)c2)c2ncc3c(c12)C(=O)N(c1ccc(Br)cc1)C3=O. The lowest BCUT2D eigenvalue weighted by atomic mass is 10.1. The van der Waals surface area contributed by atoms with Crippen molar-refractivity contribution in [2.24, 2.45) is 0 Å². The summed E-state index contributed by atoms with van der Waals surface area (Å²) in [7, 11) is 0. The number of halogens is 3. The Hall–Kier alpha value is -3.46. The number of benzene rings is 2. The molecular weight excluding hydrogens is 458 g/mol. The van der Waals surface area contributed by atoms with E-state index in [4.69, 9.17) is 0 Å². The molecule has 0 aliphatic carbocycles. The summed E-state index contributed by atoms with van der Waals surface area (Å²) in [5.74, 6) is -2.97. The van der Waals surface area contributed by atoms with Crippen LogP contribution in [-0.4, -0.2) is 26.6 Å². The average Bonchev–Trinajstić information content (AvgIpc) is 3.19. The van der Waals surface area contributed by atoms with Crippen molar-refractivity contribution in [3.63, 3.8) is 0 Å². The Bertz CT molecular complexity index is 1380. The van der Waals surface area contributed by atoms with Crippen LogP contribution in [0.3, 0.4) is 0 Å². The van der Waals surface area contributed by atoms with Crippen molar-refractivity contribution in [3.05, 3.63) is 81.6 Å². The van der Waals surface area contributed by atoms with Crippen molar-refractivity contribution in [2.75, 3.05) is 4.90 Å². The largest absolute Gasteiger partial charge is 0.268 e. The highest BCUT2D eigenvalue weighted by atomic mass is 79.9. The van der Waals surface area contributed by atoms with Crippen molar-refractivity contribution in [3.8, 4) is 5.69 Å². The van der Waals surface area contributed by atoms with Gasteiger partial charge in [0, 0.05) is 16.7 Å². The number of amides is 2. The number of rotatable bonds is 2. The minimum atomic E-state index is -1.03. The summed E-state index contributed by atoms with van der Waals surface area (Å²) in [6.45, 7) is 1.67. The quantitative estimate of drug-likeness (QED) is 0.404. The Morgan fingerprint density at radius 3 is 2.33 bits per heavy atom. The Labute approximate surface area is 176 Å².